The average Bonchev–Trinajstić information content (AvgIpc) is 2.84. The number of imidazole rings is 1. The van der Waals surface area contributed by atoms with Crippen molar-refractivity contribution >= 4 is 5.97 Å². The van der Waals surface area contributed by atoms with Gasteiger partial charge in [0.1, 0.15) is 5.82 Å². The van der Waals surface area contributed by atoms with Crippen LogP contribution in [0.15, 0.2) is 12.1 Å². The molecule has 0 aliphatic carbocycles. The molecular formula is C16H18N2O3. The van der Waals surface area contributed by atoms with Crippen LogP contribution in [-0.2, 0) is 17.8 Å². The van der Waals surface area contributed by atoms with E-state index >= 15 is 0 Å². The quantitative estimate of drug-likeness (QED) is 0.890. The zero-order valence-electron chi connectivity index (χ0n) is 12.4. The van der Waals surface area contributed by atoms with Gasteiger partial charge in [0.2, 0.25) is 0 Å². The Labute approximate surface area is 123 Å². The number of aromatic nitrogens is 2. The first-order valence-corrected chi connectivity index (χ1v) is 7.00. The first-order valence-electron chi connectivity index (χ1n) is 7.00. The van der Waals surface area contributed by atoms with Gasteiger partial charge in [-0.05, 0) is 44.0 Å². The summed E-state index contributed by atoms with van der Waals surface area (Å²) in [6.45, 7) is 6.29. The molecule has 2 aromatic rings. The number of carbonyl (C=O) groups is 1. The lowest BCUT2D eigenvalue weighted by Crippen LogP contribution is -2.18. The summed E-state index contributed by atoms with van der Waals surface area (Å²) in [4.78, 5) is 19.2. The number of nitrogens with one attached hydrogen (secondary N) is 1. The summed E-state index contributed by atoms with van der Waals surface area (Å²) < 4.78 is 5.59. The zero-order chi connectivity index (χ0) is 15.1. The van der Waals surface area contributed by atoms with E-state index in [-0.39, 0.29) is 6.10 Å². The van der Waals surface area contributed by atoms with Crippen LogP contribution in [0.2, 0.25) is 0 Å². The summed E-state index contributed by atoms with van der Waals surface area (Å²) in [7, 11) is 0. The maximum atomic E-state index is 11.3. The molecule has 1 unspecified atom stereocenters. The number of fused-ring (bicyclic) bond motifs is 1. The molecule has 110 valence electrons. The van der Waals surface area contributed by atoms with Crippen LogP contribution in [0, 0.1) is 13.8 Å². The van der Waals surface area contributed by atoms with E-state index in [0.29, 0.717) is 18.0 Å². The molecule has 0 amide bonds. The smallest absolute Gasteiger partial charge is 0.335 e. The normalized spacial score (nSPS) is 17.6. The van der Waals surface area contributed by atoms with Gasteiger partial charge in [-0.3, -0.25) is 0 Å². The summed E-state index contributed by atoms with van der Waals surface area (Å²) >= 11 is 0. The SMILES string of the molecule is Cc1cc(-c2nc3c([nH]2)COC(C)C3)cc(C(=O)O)c1C. The number of aryl methyl sites for hydroxylation is 1. The van der Waals surface area contributed by atoms with E-state index in [0.717, 1.165) is 34.5 Å². The number of rotatable bonds is 2. The Morgan fingerprint density at radius 2 is 2.19 bits per heavy atom. The van der Waals surface area contributed by atoms with Gasteiger partial charge in [-0.15, -0.1) is 0 Å². The molecule has 0 saturated heterocycles. The van der Waals surface area contributed by atoms with Crippen molar-refractivity contribution in [1.29, 1.82) is 0 Å². The number of H-pyrrole nitrogens is 1. The lowest BCUT2D eigenvalue weighted by atomic mass is 9.99. The molecule has 3 rings (SSSR count). The summed E-state index contributed by atoms with van der Waals surface area (Å²) in [5, 5.41) is 9.31. The van der Waals surface area contributed by atoms with Crippen LogP contribution in [0.5, 0.6) is 0 Å². The summed E-state index contributed by atoms with van der Waals surface area (Å²) in [6.07, 6.45) is 0.950. The van der Waals surface area contributed by atoms with E-state index in [2.05, 4.69) is 9.97 Å². The lowest BCUT2D eigenvalue weighted by molar-refractivity contribution is 0.0383. The van der Waals surface area contributed by atoms with Gasteiger partial charge in [0, 0.05) is 12.0 Å². The number of aromatic amines is 1. The number of ether oxygens (including phenoxy) is 1. The van der Waals surface area contributed by atoms with Crippen LogP contribution in [-0.4, -0.2) is 27.1 Å². The Hall–Kier alpha value is -2.14. The average molecular weight is 286 g/mol. The topological polar surface area (TPSA) is 75.2 Å². The molecule has 0 spiro atoms. The Kier molecular flexibility index (Phi) is 3.29. The molecule has 0 saturated carbocycles. The number of benzene rings is 1. The minimum atomic E-state index is -0.911. The third-order valence-electron chi connectivity index (χ3n) is 4.03. The maximum absolute atomic E-state index is 11.3. The second-order valence-corrected chi connectivity index (χ2v) is 5.61. The highest BCUT2D eigenvalue weighted by atomic mass is 16.5. The van der Waals surface area contributed by atoms with Crippen LogP contribution >= 0.6 is 0 Å². The number of hydrogen-bond acceptors (Lipinski definition) is 3. The van der Waals surface area contributed by atoms with E-state index in [1.807, 2.05) is 26.8 Å². The van der Waals surface area contributed by atoms with Crippen molar-refractivity contribution in [3.05, 3.63) is 40.2 Å². The molecule has 2 heterocycles. The van der Waals surface area contributed by atoms with Gasteiger partial charge in [0.25, 0.3) is 0 Å². The van der Waals surface area contributed by atoms with Gasteiger partial charge in [-0.1, -0.05) is 0 Å². The monoisotopic (exact) mass is 286 g/mol. The fourth-order valence-corrected chi connectivity index (χ4v) is 2.65. The Bertz CT molecular complexity index is 719. The molecule has 21 heavy (non-hydrogen) atoms. The summed E-state index contributed by atoms with van der Waals surface area (Å²) in [6, 6.07) is 3.65. The molecule has 0 bridgehead atoms. The first-order chi connectivity index (χ1) is 9.95. The predicted octanol–water partition coefficient (Wildman–Crippen LogP) is 2.85. The van der Waals surface area contributed by atoms with Crippen LogP contribution in [0.1, 0.15) is 39.8 Å². The second-order valence-electron chi connectivity index (χ2n) is 5.61. The second kappa shape index (κ2) is 5.00. The van der Waals surface area contributed by atoms with Gasteiger partial charge >= 0.3 is 5.97 Å². The Balaban J connectivity index is 2.07. The minimum absolute atomic E-state index is 0.169. The van der Waals surface area contributed by atoms with Crippen molar-refractivity contribution in [2.24, 2.45) is 0 Å². The molecule has 1 aliphatic rings. The minimum Gasteiger partial charge on any atom is -0.478 e. The van der Waals surface area contributed by atoms with E-state index in [1.54, 1.807) is 6.07 Å². The maximum Gasteiger partial charge on any atom is 0.335 e. The highest BCUT2D eigenvalue weighted by Gasteiger charge is 2.21. The molecule has 1 aliphatic heterocycles. The van der Waals surface area contributed by atoms with Crippen molar-refractivity contribution in [3.63, 3.8) is 0 Å². The highest BCUT2D eigenvalue weighted by Crippen LogP contribution is 2.27. The predicted molar refractivity (Wildman–Crippen MR) is 78.4 cm³/mol. The van der Waals surface area contributed by atoms with Gasteiger partial charge < -0.3 is 14.8 Å². The largest absolute Gasteiger partial charge is 0.478 e. The fraction of sp³-hybridized carbons (Fsp3) is 0.375. The summed E-state index contributed by atoms with van der Waals surface area (Å²) in [5.74, 6) is -0.200. The van der Waals surface area contributed by atoms with E-state index < -0.39 is 5.97 Å². The van der Waals surface area contributed by atoms with Gasteiger partial charge in [-0.25, -0.2) is 9.78 Å². The Morgan fingerprint density at radius 1 is 1.43 bits per heavy atom. The molecule has 1 atom stereocenters. The van der Waals surface area contributed by atoms with E-state index in [1.165, 1.54) is 0 Å². The van der Waals surface area contributed by atoms with Gasteiger partial charge in [-0.2, -0.15) is 0 Å². The van der Waals surface area contributed by atoms with Crippen molar-refractivity contribution in [1.82, 2.24) is 9.97 Å². The van der Waals surface area contributed by atoms with Crippen LogP contribution in [0.25, 0.3) is 11.4 Å². The van der Waals surface area contributed by atoms with Crippen molar-refractivity contribution in [2.75, 3.05) is 0 Å². The summed E-state index contributed by atoms with van der Waals surface area (Å²) in [5.41, 5.74) is 4.86. The fourth-order valence-electron chi connectivity index (χ4n) is 2.65. The van der Waals surface area contributed by atoms with E-state index in [4.69, 9.17) is 4.74 Å². The number of hydrogen-bond donors (Lipinski definition) is 2. The standard InChI is InChI=1S/C16H18N2O3/c1-8-4-11(6-12(10(8)3)16(19)20)15-17-13-5-9(2)21-7-14(13)18-15/h4,6,9H,5,7H2,1-3H3,(H,17,18)(H,19,20). The molecule has 2 N–H and O–H groups in total. The molecule has 1 aromatic heterocycles. The highest BCUT2D eigenvalue weighted by molar-refractivity contribution is 5.91. The zero-order valence-corrected chi connectivity index (χ0v) is 12.4. The molecule has 5 nitrogen and oxygen atoms in total. The van der Waals surface area contributed by atoms with Crippen LogP contribution in [0.4, 0.5) is 0 Å². The molecule has 5 heteroatoms. The number of carboxylic acids is 1. The van der Waals surface area contributed by atoms with Crippen LogP contribution in [0.3, 0.4) is 0 Å². The third-order valence-corrected chi connectivity index (χ3v) is 4.03. The third kappa shape index (κ3) is 2.45. The number of carboxylic acid groups (broad SMARTS) is 1. The molecule has 0 radical (unpaired) electrons. The van der Waals surface area contributed by atoms with Gasteiger partial charge in [0.05, 0.1) is 29.7 Å². The first kappa shape index (κ1) is 13.8. The lowest BCUT2D eigenvalue weighted by Gasteiger charge is -2.17. The Morgan fingerprint density at radius 3 is 2.90 bits per heavy atom. The molecular weight excluding hydrogens is 268 g/mol. The van der Waals surface area contributed by atoms with Crippen molar-refractivity contribution in [2.45, 2.75) is 39.9 Å². The van der Waals surface area contributed by atoms with Crippen LogP contribution < -0.4 is 0 Å². The van der Waals surface area contributed by atoms with E-state index in [9.17, 15) is 9.90 Å². The molecule has 0 fully saturated rings. The van der Waals surface area contributed by atoms with Gasteiger partial charge in [0.15, 0.2) is 0 Å². The van der Waals surface area contributed by atoms with Crippen molar-refractivity contribution in [3.8, 4) is 11.4 Å². The number of aromatic carboxylic acids is 1. The van der Waals surface area contributed by atoms with Crippen molar-refractivity contribution < 1.29 is 14.6 Å². The molecule has 1 aromatic carbocycles. The number of nitrogens with zero attached hydrogens (tertiary/aromatic N) is 1.